The molecule has 0 bridgehead atoms. The van der Waals surface area contributed by atoms with Crippen molar-refractivity contribution in [1.82, 2.24) is 0 Å². The summed E-state index contributed by atoms with van der Waals surface area (Å²) >= 11 is 1.62. The highest BCUT2D eigenvalue weighted by Crippen LogP contribution is 2.53. The Morgan fingerprint density at radius 3 is 2.71 bits per heavy atom. The molecular formula is C10H13NO2S. The summed E-state index contributed by atoms with van der Waals surface area (Å²) in [6, 6.07) is 1.27. The highest BCUT2D eigenvalue weighted by molar-refractivity contribution is 7.10. The van der Waals surface area contributed by atoms with Crippen LogP contribution in [0.5, 0.6) is 0 Å². The van der Waals surface area contributed by atoms with Crippen LogP contribution in [0.25, 0.3) is 0 Å². The van der Waals surface area contributed by atoms with Crippen LogP contribution >= 0.6 is 11.3 Å². The quantitative estimate of drug-likeness (QED) is 0.796. The van der Waals surface area contributed by atoms with Gasteiger partial charge in [-0.2, -0.15) is 0 Å². The van der Waals surface area contributed by atoms with Crippen molar-refractivity contribution in [3.63, 3.8) is 0 Å². The van der Waals surface area contributed by atoms with E-state index in [1.807, 2.05) is 18.4 Å². The van der Waals surface area contributed by atoms with Crippen LogP contribution in [0.15, 0.2) is 11.4 Å². The first-order valence-corrected chi connectivity index (χ1v) is 5.49. The third kappa shape index (κ3) is 1.26. The highest BCUT2D eigenvalue weighted by atomic mass is 32.1. The number of aryl methyl sites for hydroxylation is 1. The molecule has 3 N–H and O–H groups in total. The van der Waals surface area contributed by atoms with Gasteiger partial charge in [-0.05, 0) is 36.8 Å². The van der Waals surface area contributed by atoms with Gasteiger partial charge in [0.05, 0.1) is 0 Å². The van der Waals surface area contributed by atoms with E-state index in [0.717, 1.165) is 17.7 Å². The zero-order chi connectivity index (χ0) is 10.3. The van der Waals surface area contributed by atoms with Gasteiger partial charge in [0.2, 0.25) is 0 Å². The molecule has 1 heterocycles. The molecule has 3 nitrogen and oxygen atoms in total. The van der Waals surface area contributed by atoms with Crippen molar-refractivity contribution in [2.45, 2.75) is 31.2 Å². The van der Waals surface area contributed by atoms with E-state index in [0.29, 0.717) is 0 Å². The molecule has 1 fully saturated rings. The number of carboxylic acid groups (broad SMARTS) is 1. The number of thiophene rings is 1. The molecule has 0 radical (unpaired) electrons. The van der Waals surface area contributed by atoms with E-state index < -0.39 is 12.0 Å². The molecule has 2 rings (SSSR count). The Morgan fingerprint density at radius 2 is 2.36 bits per heavy atom. The number of hydrogen-bond donors (Lipinski definition) is 2. The van der Waals surface area contributed by atoms with Crippen LogP contribution in [0.3, 0.4) is 0 Å². The Morgan fingerprint density at radius 1 is 1.71 bits per heavy atom. The molecule has 1 atom stereocenters. The van der Waals surface area contributed by atoms with Gasteiger partial charge in [0.25, 0.3) is 0 Å². The molecular weight excluding hydrogens is 198 g/mol. The van der Waals surface area contributed by atoms with Gasteiger partial charge in [0, 0.05) is 10.3 Å². The minimum atomic E-state index is -0.893. The summed E-state index contributed by atoms with van der Waals surface area (Å²) in [5.41, 5.74) is 6.63. The lowest BCUT2D eigenvalue weighted by molar-refractivity contribution is -0.139. The van der Waals surface area contributed by atoms with E-state index in [9.17, 15) is 4.79 Å². The maximum atomic E-state index is 10.9. The van der Waals surface area contributed by atoms with Gasteiger partial charge in [0.1, 0.15) is 6.04 Å². The molecule has 1 unspecified atom stereocenters. The fourth-order valence-electron chi connectivity index (χ4n) is 1.93. The first-order valence-electron chi connectivity index (χ1n) is 4.61. The summed E-state index contributed by atoms with van der Waals surface area (Å²) < 4.78 is 0. The largest absolute Gasteiger partial charge is 0.480 e. The molecule has 1 aromatic heterocycles. The Balaban J connectivity index is 2.34. The summed E-state index contributed by atoms with van der Waals surface area (Å²) in [5, 5.41) is 10.9. The van der Waals surface area contributed by atoms with Gasteiger partial charge in [-0.3, -0.25) is 4.79 Å². The fraction of sp³-hybridized carbons (Fsp3) is 0.500. The van der Waals surface area contributed by atoms with Gasteiger partial charge in [-0.1, -0.05) is 0 Å². The average molecular weight is 211 g/mol. The van der Waals surface area contributed by atoms with E-state index in [2.05, 4.69) is 0 Å². The van der Waals surface area contributed by atoms with Crippen LogP contribution < -0.4 is 5.73 Å². The molecule has 1 aliphatic carbocycles. The van der Waals surface area contributed by atoms with Gasteiger partial charge in [0.15, 0.2) is 0 Å². The number of carboxylic acids is 1. The van der Waals surface area contributed by atoms with E-state index in [1.165, 1.54) is 5.56 Å². The van der Waals surface area contributed by atoms with Crippen molar-refractivity contribution in [2.75, 3.05) is 0 Å². The first-order chi connectivity index (χ1) is 6.58. The Bertz CT molecular complexity index is 368. The fourth-order valence-corrected chi connectivity index (χ4v) is 3.16. The smallest absolute Gasteiger partial charge is 0.321 e. The molecule has 76 valence electrons. The third-order valence-electron chi connectivity index (χ3n) is 2.96. The topological polar surface area (TPSA) is 63.3 Å². The summed E-state index contributed by atoms with van der Waals surface area (Å²) in [6.07, 6.45) is 1.81. The molecule has 0 spiro atoms. The molecule has 1 aromatic rings. The molecule has 0 aliphatic heterocycles. The van der Waals surface area contributed by atoms with Crippen molar-refractivity contribution in [3.05, 3.63) is 21.9 Å². The molecule has 0 amide bonds. The predicted molar refractivity (Wildman–Crippen MR) is 55.6 cm³/mol. The Hall–Kier alpha value is -0.870. The Labute approximate surface area is 86.6 Å². The second-order valence-corrected chi connectivity index (χ2v) is 4.82. The zero-order valence-electron chi connectivity index (χ0n) is 7.99. The maximum absolute atomic E-state index is 10.9. The zero-order valence-corrected chi connectivity index (χ0v) is 8.80. The van der Waals surface area contributed by atoms with Gasteiger partial charge in [-0.25, -0.2) is 0 Å². The molecule has 14 heavy (non-hydrogen) atoms. The summed E-state index contributed by atoms with van der Waals surface area (Å²) in [4.78, 5) is 12.0. The molecule has 1 saturated carbocycles. The van der Waals surface area contributed by atoms with Crippen molar-refractivity contribution in [2.24, 2.45) is 5.73 Å². The molecule has 1 aliphatic rings. The summed E-state index contributed by atoms with van der Waals surface area (Å²) in [5.74, 6) is -0.893. The van der Waals surface area contributed by atoms with Crippen LogP contribution in [-0.2, 0) is 10.2 Å². The van der Waals surface area contributed by atoms with Crippen LogP contribution in [0.2, 0.25) is 0 Å². The number of rotatable bonds is 3. The second kappa shape index (κ2) is 3.07. The van der Waals surface area contributed by atoms with Crippen LogP contribution in [0, 0.1) is 6.92 Å². The molecule has 0 aromatic carbocycles. The highest BCUT2D eigenvalue weighted by Gasteiger charge is 2.53. The molecule has 0 saturated heterocycles. The van der Waals surface area contributed by atoms with E-state index in [-0.39, 0.29) is 5.41 Å². The van der Waals surface area contributed by atoms with Crippen LogP contribution in [0.4, 0.5) is 0 Å². The maximum Gasteiger partial charge on any atom is 0.321 e. The van der Waals surface area contributed by atoms with E-state index in [4.69, 9.17) is 10.8 Å². The number of nitrogens with two attached hydrogens (primary N) is 1. The first kappa shape index (κ1) is 9.68. The second-order valence-electron chi connectivity index (χ2n) is 3.90. The van der Waals surface area contributed by atoms with Gasteiger partial charge in [-0.15, -0.1) is 11.3 Å². The predicted octanol–water partition coefficient (Wildman–Crippen LogP) is 1.50. The average Bonchev–Trinajstić information content (AvgIpc) is 2.83. The molecule has 4 heteroatoms. The van der Waals surface area contributed by atoms with Crippen molar-refractivity contribution in [3.8, 4) is 0 Å². The number of carbonyl (C=O) groups is 1. The van der Waals surface area contributed by atoms with Crippen LogP contribution in [0.1, 0.15) is 23.3 Å². The summed E-state index contributed by atoms with van der Waals surface area (Å²) in [6.45, 7) is 2.01. The van der Waals surface area contributed by atoms with E-state index >= 15 is 0 Å². The number of aliphatic carboxylic acids is 1. The lowest BCUT2D eigenvalue weighted by Gasteiger charge is -2.19. The third-order valence-corrected chi connectivity index (χ3v) is 4.20. The van der Waals surface area contributed by atoms with Crippen molar-refractivity contribution >= 4 is 17.3 Å². The van der Waals surface area contributed by atoms with Crippen molar-refractivity contribution in [1.29, 1.82) is 0 Å². The van der Waals surface area contributed by atoms with Gasteiger partial charge >= 0.3 is 5.97 Å². The van der Waals surface area contributed by atoms with E-state index in [1.54, 1.807) is 11.3 Å². The lowest BCUT2D eigenvalue weighted by atomic mass is 9.93. The standard InChI is InChI=1S/C10H13NO2S/c1-6-2-5-14-8(6)10(3-4-10)7(11)9(12)13/h2,5,7H,3-4,11H2,1H3,(H,12,13). The van der Waals surface area contributed by atoms with Crippen molar-refractivity contribution < 1.29 is 9.90 Å². The Kier molecular flexibility index (Phi) is 2.12. The van der Waals surface area contributed by atoms with Crippen LogP contribution in [-0.4, -0.2) is 17.1 Å². The minimum absolute atomic E-state index is 0.260. The van der Waals surface area contributed by atoms with Gasteiger partial charge < -0.3 is 10.8 Å². The lowest BCUT2D eigenvalue weighted by Crippen LogP contribution is -2.41. The minimum Gasteiger partial charge on any atom is -0.480 e. The number of hydrogen-bond acceptors (Lipinski definition) is 3. The summed E-state index contributed by atoms with van der Waals surface area (Å²) in [7, 11) is 0. The monoisotopic (exact) mass is 211 g/mol. The SMILES string of the molecule is Cc1ccsc1C1(C(N)C(=O)O)CC1. The normalized spacial score (nSPS) is 20.4.